The summed E-state index contributed by atoms with van der Waals surface area (Å²) in [6, 6.07) is 6.65. The van der Waals surface area contributed by atoms with Crippen LogP contribution in [0.5, 0.6) is 0 Å². The van der Waals surface area contributed by atoms with E-state index in [-0.39, 0.29) is 5.91 Å². The molecule has 1 amide bonds. The minimum absolute atomic E-state index is 0.139. The first-order valence-electron chi connectivity index (χ1n) is 9.77. The second-order valence-corrected chi connectivity index (χ2v) is 8.37. The molecule has 1 aliphatic heterocycles. The molecule has 1 aliphatic rings. The summed E-state index contributed by atoms with van der Waals surface area (Å²) in [5, 5.41) is 13.5. The van der Waals surface area contributed by atoms with Gasteiger partial charge in [-0.25, -0.2) is 9.67 Å². The molecule has 0 unspecified atom stereocenters. The van der Waals surface area contributed by atoms with Crippen molar-refractivity contribution in [1.82, 2.24) is 34.4 Å². The molecule has 0 aliphatic carbocycles. The van der Waals surface area contributed by atoms with Gasteiger partial charge in [0.25, 0.3) is 0 Å². The minimum Gasteiger partial charge on any atom is -0.342 e. The minimum atomic E-state index is 0.139. The first-order valence-corrected chi connectivity index (χ1v) is 10.8. The summed E-state index contributed by atoms with van der Waals surface area (Å²) in [7, 11) is 0. The molecule has 1 aromatic carbocycles. The normalized spacial score (nSPS) is 15.1. The van der Waals surface area contributed by atoms with Gasteiger partial charge in [0.05, 0.1) is 17.5 Å². The highest BCUT2D eigenvalue weighted by molar-refractivity contribution is 7.99. The average molecular weight is 412 g/mol. The largest absolute Gasteiger partial charge is 0.342 e. The van der Waals surface area contributed by atoms with E-state index in [1.807, 2.05) is 21.1 Å². The van der Waals surface area contributed by atoms with Crippen molar-refractivity contribution in [2.75, 3.05) is 18.8 Å². The summed E-state index contributed by atoms with van der Waals surface area (Å²) in [5.74, 6) is 1.32. The van der Waals surface area contributed by atoms with Crippen molar-refractivity contribution in [3.8, 4) is 5.69 Å². The third-order valence-electron chi connectivity index (χ3n) is 5.35. The van der Waals surface area contributed by atoms with Crippen molar-refractivity contribution in [2.24, 2.45) is 0 Å². The van der Waals surface area contributed by atoms with Crippen molar-refractivity contribution >= 4 is 17.7 Å². The molecular formula is C20H25N7OS. The molecule has 0 bridgehead atoms. The van der Waals surface area contributed by atoms with Crippen molar-refractivity contribution in [2.45, 2.75) is 44.8 Å². The van der Waals surface area contributed by atoms with Crippen LogP contribution in [-0.4, -0.2) is 59.2 Å². The molecule has 0 radical (unpaired) electrons. The van der Waals surface area contributed by atoms with E-state index >= 15 is 0 Å². The maximum atomic E-state index is 12.8. The Morgan fingerprint density at radius 2 is 1.97 bits per heavy atom. The lowest BCUT2D eigenvalue weighted by Gasteiger charge is -2.31. The van der Waals surface area contributed by atoms with Crippen LogP contribution in [-0.2, 0) is 4.79 Å². The van der Waals surface area contributed by atoms with Crippen molar-refractivity contribution in [3.05, 3.63) is 47.8 Å². The van der Waals surface area contributed by atoms with E-state index < -0.39 is 0 Å². The Kier molecular flexibility index (Phi) is 5.66. The quantitative estimate of drug-likeness (QED) is 0.601. The van der Waals surface area contributed by atoms with Gasteiger partial charge in [-0.1, -0.05) is 23.9 Å². The summed E-state index contributed by atoms with van der Waals surface area (Å²) in [4.78, 5) is 18.7. The van der Waals surface area contributed by atoms with Gasteiger partial charge in [-0.15, -0.1) is 10.2 Å². The molecule has 4 rings (SSSR count). The van der Waals surface area contributed by atoms with Crippen molar-refractivity contribution in [1.29, 1.82) is 0 Å². The highest BCUT2D eigenvalue weighted by Gasteiger charge is 2.25. The van der Waals surface area contributed by atoms with E-state index in [0.717, 1.165) is 48.2 Å². The van der Waals surface area contributed by atoms with Crippen LogP contribution in [0, 0.1) is 20.8 Å². The number of hydrogen-bond acceptors (Lipinski definition) is 6. The number of amides is 1. The first kappa shape index (κ1) is 19.6. The number of benzene rings is 1. The van der Waals surface area contributed by atoms with Gasteiger partial charge in [0.2, 0.25) is 5.91 Å². The lowest BCUT2D eigenvalue weighted by atomic mass is 10.1. The molecule has 0 spiro atoms. The number of carbonyl (C=O) groups excluding carboxylic acids is 1. The van der Waals surface area contributed by atoms with E-state index in [4.69, 9.17) is 0 Å². The maximum absolute atomic E-state index is 12.8. The van der Waals surface area contributed by atoms with Crippen LogP contribution in [0.2, 0.25) is 0 Å². The van der Waals surface area contributed by atoms with Crippen LogP contribution in [0.1, 0.15) is 35.8 Å². The van der Waals surface area contributed by atoms with E-state index in [0.29, 0.717) is 11.8 Å². The number of thioether (sulfide) groups is 1. The van der Waals surface area contributed by atoms with Gasteiger partial charge in [-0.05, 0) is 50.8 Å². The summed E-state index contributed by atoms with van der Waals surface area (Å²) in [5.41, 5.74) is 3.40. The van der Waals surface area contributed by atoms with Gasteiger partial charge in [-0.3, -0.25) is 9.36 Å². The molecule has 8 nitrogen and oxygen atoms in total. The number of hydrogen-bond donors (Lipinski definition) is 0. The summed E-state index contributed by atoms with van der Waals surface area (Å²) in [6.07, 6.45) is 5.11. The van der Waals surface area contributed by atoms with Crippen LogP contribution in [0.3, 0.4) is 0 Å². The second-order valence-electron chi connectivity index (χ2n) is 7.43. The highest BCUT2D eigenvalue weighted by atomic mass is 32.2. The molecule has 3 aromatic rings. The molecule has 9 heteroatoms. The van der Waals surface area contributed by atoms with E-state index in [2.05, 4.69) is 52.3 Å². The number of nitrogens with zero attached hydrogens (tertiary/aromatic N) is 7. The zero-order chi connectivity index (χ0) is 20.4. The molecule has 3 heterocycles. The monoisotopic (exact) mass is 411 g/mol. The zero-order valence-electron chi connectivity index (χ0n) is 16.9. The molecule has 0 saturated carbocycles. The Morgan fingerprint density at radius 3 is 2.69 bits per heavy atom. The number of aryl methyl sites for hydroxylation is 3. The summed E-state index contributed by atoms with van der Waals surface area (Å²) < 4.78 is 3.93. The van der Waals surface area contributed by atoms with Gasteiger partial charge < -0.3 is 4.90 Å². The number of aromatic nitrogens is 6. The van der Waals surface area contributed by atoms with Gasteiger partial charge in [0.15, 0.2) is 5.16 Å². The van der Waals surface area contributed by atoms with Gasteiger partial charge in [0.1, 0.15) is 18.5 Å². The van der Waals surface area contributed by atoms with E-state index in [1.54, 1.807) is 12.7 Å². The second kappa shape index (κ2) is 8.36. The van der Waals surface area contributed by atoms with Crippen LogP contribution in [0.4, 0.5) is 0 Å². The fourth-order valence-electron chi connectivity index (χ4n) is 3.68. The lowest BCUT2D eigenvalue weighted by molar-refractivity contribution is -0.129. The lowest BCUT2D eigenvalue weighted by Crippen LogP contribution is -2.40. The molecule has 1 fully saturated rings. The first-order chi connectivity index (χ1) is 14.0. The smallest absolute Gasteiger partial charge is 0.233 e. The maximum Gasteiger partial charge on any atom is 0.233 e. The Hall–Kier alpha value is -2.68. The van der Waals surface area contributed by atoms with Gasteiger partial charge >= 0.3 is 0 Å². The summed E-state index contributed by atoms with van der Waals surface area (Å²) >= 11 is 1.45. The molecule has 1 saturated heterocycles. The van der Waals surface area contributed by atoms with Crippen LogP contribution >= 0.6 is 11.8 Å². The Bertz CT molecular complexity index is 990. The third-order valence-corrected chi connectivity index (χ3v) is 6.27. The molecule has 0 N–H and O–H groups in total. The molecular weight excluding hydrogens is 386 g/mol. The Morgan fingerprint density at radius 1 is 1.17 bits per heavy atom. The fraction of sp³-hybridized carbons (Fsp3) is 0.450. The molecule has 0 atom stereocenters. The number of piperidine rings is 1. The van der Waals surface area contributed by atoms with Crippen LogP contribution in [0.25, 0.3) is 5.69 Å². The molecule has 2 aromatic heterocycles. The van der Waals surface area contributed by atoms with E-state index in [1.165, 1.54) is 17.3 Å². The number of likely N-dealkylation sites (tertiary alicyclic amines) is 1. The Balaban J connectivity index is 1.40. The Labute approximate surface area is 174 Å². The van der Waals surface area contributed by atoms with Gasteiger partial charge in [-0.2, -0.15) is 5.10 Å². The topological polar surface area (TPSA) is 81.7 Å². The zero-order valence-corrected chi connectivity index (χ0v) is 17.8. The van der Waals surface area contributed by atoms with E-state index in [9.17, 15) is 4.79 Å². The standard InChI is InChI=1S/C20H25N7OS/c1-14-4-5-15(2)18(10-14)27-16(3)23-24-20(27)29-11-19(28)25-8-6-17(7-9-25)26-13-21-12-22-26/h4-5,10,12-13,17H,6-9,11H2,1-3H3. The predicted octanol–water partition coefficient (Wildman–Crippen LogP) is 2.74. The van der Waals surface area contributed by atoms with Crippen LogP contribution < -0.4 is 0 Å². The SMILES string of the molecule is Cc1ccc(C)c(-n2c(C)nnc2SCC(=O)N2CCC(n3cncn3)CC2)c1. The van der Waals surface area contributed by atoms with Crippen LogP contribution in [0.15, 0.2) is 36.0 Å². The fourth-order valence-corrected chi connectivity index (χ4v) is 4.57. The highest BCUT2D eigenvalue weighted by Crippen LogP contribution is 2.26. The number of rotatable bonds is 5. The summed E-state index contributed by atoms with van der Waals surface area (Å²) in [6.45, 7) is 7.57. The number of carbonyl (C=O) groups is 1. The molecule has 29 heavy (non-hydrogen) atoms. The van der Waals surface area contributed by atoms with Gasteiger partial charge in [0, 0.05) is 13.1 Å². The van der Waals surface area contributed by atoms with Crippen molar-refractivity contribution in [3.63, 3.8) is 0 Å². The predicted molar refractivity (Wildman–Crippen MR) is 111 cm³/mol. The molecule has 152 valence electrons. The van der Waals surface area contributed by atoms with Crippen molar-refractivity contribution < 1.29 is 4.79 Å². The average Bonchev–Trinajstić information content (AvgIpc) is 3.38. The third kappa shape index (κ3) is 4.19.